The topological polar surface area (TPSA) is 50.1 Å². The number of rotatable bonds is 3. The standard InChI is InChI=1S/C11H7ClF3NO2/c1-18-10-7(8(17)4-12)3-2-6(5-16)9(10)11(13,14)15/h2-3H,4H2,1H3. The minimum absolute atomic E-state index is 0.293. The van der Waals surface area contributed by atoms with Gasteiger partial charge in [0.2, 0.25) is 0 Å². The average molecular weight is 278 g/mol. The lowest BCUT2D eigenvalue weighted by molar-refractivity contribution is -0.139. The molecular formula is C11H7ClF3NO2. The Hall–Kier alpha value is -1.74. The number of nitriles is 1. The summed E-state index contributed by atoms with van der Waals surface area (Å²) in [5, 5.41) is 8.67. The minimum atomic E-state index is -4.79. The van der Waals surface area contributed by atoms with Gasteiger partial charge < -0.3 is 4.74 Å². The molecule has 0 spiro atoms. The number of ether oxygens (including phenoxy) is 1. The summed E-state index contributed by atoms with van der Waals surface area (Å²) in [5.74, 6) is -1.85. The second-order valence-corrected chi connectivity index (χ2v) is 3.50. The van der Waals surface area contributed by atoms with Crippen molar-refractivity contribution < 1.29 is 22.7 Å². The van der Waals surface area contributed by atoms with Gasteiger partial charge >= 0.3 is 6.18 Å². The third-order valence-corrected chi connectivity index (χ3v) is 2.43. The van der Waals surface area contributed by atoms with E-state index in [1.807, 2.05) is 0 Å². The van der Waals surface area contributed by atoms with Crippen molar-refractivity contribution in [2.45, 2.75) is 6.18 Å². The van der Waals surface area contributed by atoms with Gasteiger partial charge in [0.25, 0.3) is 0 Å². The van der Waals surface area contributed by atoms with E-state index in [0.29, 0.717) is 0 Å². The van der Waals surface area contributed by atoms with E-state index < -0.39 is 34.7 Å². The van der Waals surface area contributed by atoms with Crippen LogP contribution in [0.4, 0.5) is 13.2 Å². The van der Waals surface area contributed by atoms with Crippen LogP contribution in [0, 0.1) is 11.3 Å². The first kappa shape index (κ1) is 14.3. The highest BCUT2D eigenvalue weighted by Crippen LogP contribution is 2.40. The molecule has 0 heterocycles. The van der Waals surface area contributed by atoms with E-state index in [4.69, 9.17) is 16.9 Å². The number of ketones is 1. The summed E-state index contributed by atoms with van der Waals surface area (Å²) in [4.78, 5) is 11.4. The van der Waals surface area contributed by atoms with E-state index >= 15 is 0 Å². The van der Waals surface area contributed by atoms with E-state index in [9.17, 15) is 18.0 Å². The van der Waals surface area contributed by atoms with Gasteiger partial charge in [-0.3, -0.25) is 4.79 Å². The van der Waals surface area contributed by atoms with Crippen molar-refractivity contribution in [3.63, 3.8) is 0 Å². The van der Waals surface area contributed by atoms with Crippen molar-refractivity contribution in [2.75, 3.05) is 13.0 Å². The summed E-state index contributed by atoms with van der Waals surface area (Å²) in [5.41, 5.74) is -2.16. The van der Waals surface area contributed by atoms with Crippen LogP contribution >= 0.6 is 11.6 Å². The lowest BCUT2D eigenvalue weighted by atomic mass is 10.00. The number of Topliss-reactive ketones (excluding diaryl/α,β-unsaturated/α-hetero) is 1. The molecular weight excluding hydrogens is 271 g/mol. The number of benzene rings is 1. The Balaban J connectivity index is 3.64. The van der Waals surface area contributed by atoms with Gasteiger partial charge in [-0.15, -0.1) is 11.6 Å². The zero-order chi connectivity index (χ0) is 13.9. The first-order valence-electron chi connectivity index (χ1n) is 4.64. The highest BCUT2D eigenvalue weighted by molar-refractivity contribution is 6.30. The molecule has 0 saturated carbocycles. The highest BCUT2D eigenvalue weighted by atomic mass is 35.5. The summed E-state index contributed by atoms with van der Waals surface area (Å²) in [6.07, 6.45) is -4.79. The monoisotopic (exact) mass is 277 g/mol. The number of halogens is 4. The summed E-state index contributed by atoms with van der Waals surface area (Å²) >= 11 is 5.30. The quantitative estimate of drug-likeness (QED) is 0.630. The fourth-order valence-corrected chi connectivity index (χ4v) is 1.60. The fraction of sp³-hybridized carbons (Fsp3) is 0.273. The van der Waals surface area contributed by atoms with E-state index in [-0.39, 0.29) is 5.56 Å². The third kappa shape index (κ3) is 2.57. The number of carbonyl (C=O) groups is 1. The molecule has 0 bridgehead atoms. The van der Waals surface area contributed by atoms with Crippen LogP contribution in [0.5, 0.6) is 5.75 Å². The first-order valence-corrected chi connectivity index (χ1v) is 5.17. The van der Waals surface area contributed by atoms with Crippen LogP contribution in [0.2, 0.25) is 0 Å². The molecule has 0 N–H and O–H groups in total. The number of hydrogen-bond acceptors (Lipinski definition) is 3. The second kappa shape index (κ2) is 5.27. The Kier molecular flexibility index (Phi) is 4.19. The molecule has 1 aromatic carbocycles. The number of carbonyl (C=O) groups excluding carboxylic acids is 1. The van der Waals surface area contributed by atoms with Crippen LogP contribution in [0.1, 0.15) is 21.5 Å². The van der Waals surface area contributed by atoms with Gasteiger partial charge in [-0.05, 0) is 12.1 Å². The van der Waals surface area contributed by atoms with E-state index in [2.05, 4.69) is 4.74 Å². The zero-order valence-electron chi connectivity index (χ0n) is 9.14. The largest absolute Gasteiger partial charge is 0.495 e. The third-order valence-electron chi connectivity index (χ3n) is 2.19. The molecule has 0 saturated heterocycles. The molecule has 1 aromatic rings. The van der Waals surface area contributed by atoms with Crippen LogP contribution in [0.15, 0.2) is 12.1 Å². The Morgan fingerprint density at radius 1 is 1.50 bits per heavy atom. The molecule has 0 amide bonds. The molecule has 0 radical (unpaired) electrons. The van der Waals surface area contributed by atoms with E-state index in [1.165, 1.54) is 6.07 Å². The second-order valence-electron chi connectivity index (χ2n) is 3.24. The fourth-order valence-electron chi connectivity index (χ4n) is 1.46. The maximum Gasteiger partial charge on any atom is 0.421 e. The molecule has 3 nitrogen and oxygen atoms in total. The maximum atomic E-state index is 12.9. The maximum absolute atomic E-state index is 12.9. The van der Waals surface area contributed by atoms with Crippen molar-refractivity contribution in [3.05, 3.63) is 28.8 Å². The molecule has 0 unspecified atom stereocenters. The molecule has 7 heteroatoms. The lowest BCUT2D eigenvalue weighted by Crippen LogP contribution is -2.14. The number of nitrogens with zero attached hydrogens (tertiary/aromatic N) is 1. The van der Waals surface area contributed by atoms with Crippen molar-refractivity contribution in [2.24, 2.45) is 0 Å². The smallest absolute Gasteiger partial charge is 0.421 e. The van der Waals surface area contributed by atoms with Crippen LogP contribution < -0.4 is 4.74 Å². The normalized spacial score (nSPS) is 10.9. The van der Waals surface area contributed by atoms with Crippen LogP contribution in [-0.2, 0) is 6.18 Å². The number of methoxy groups -OCH3 is 1. The van der Waals surface area contributed by atoms with Gasteiger partial charge in [0.1, 0.15) is 11.3 Å². The predicted octanol–water partition coefficient (Wildman–Crippen LogP) is 3.01. The van der Waals surface area contributed by atoms with Crippen LogP contribution in [-0.4, -0.2) is 18.8 Å². The molecule has 0 aliphatic heterocycles. The molecule has 96 valence electrons. The molecule has 0 aliphatic rings. The Labute approximate surface area is 106 Å². The van der Waals surface area contributed by atoms with E-state index in [1.54, 1.807) is 0 Å². The predicted molar refractivity (Wildman–Crippen MR) is 57.8 cm³/mol. The Morgan fingerprint density at radius 2 is 2.11 bits per heavy atom. The van der Waals surface area contributed by atoms with Crippen molar-refractivity contribution >= 4 is 17.4 Å². The van der Waals surface area contributed by atoms with Crippen molar-refractivity contribution in [3.8, 4) is 11.8 Å². The van der Waals surface area contributed by atoms with Gasteiger partial charge in [0.05, 0.1) is 30.2 Å². The molecule has 0 fully saturated rings. The van der Waals surface area contributed by atoms with Gasteiger partial charge in [-0.2, -0.15) is 18.4 Å². The number of hydrogen-bond donors (Lipinski definition) is 0. The lowest BCUT2D eigenvalue weighted by Gasteiger charge is -2.16. The SMILES string of the molecule is COc1c(C(=O)CCl)ccc(C#N)c1C(F)(F)F. The summed E-state index contributed by atoms with van der Waals surface area (Å²) in [6, 6.07) is 3.43. The van der Waals surface area contributed by atoms with Gasteiger partial charge in [0, 0.05) is 0 Å². The molecule has 1 rings (SSSR count). The number of alkyl halides is 4. The molecule has 0 aliphatic carbocycles. The molecule has 18 heavy (non-hydrogen) atoms. The first-order chi connectivity index (χ1) is 8.36. The molecule has 0 aromatic heterocycles. The minimum Gasteiger partial charge on any atom is -0.495 e. The van der Waals surface area contributed by atoms with Gasteiger partial charge in [-0.25, -0.2) is 0 Å². The van der Waals surface area contributed by atoms with Gasteiger partial charge in [-0.1, -0.05) is 0 Å². The summed E-state index contributed by atoms with van der Waals surface area (Å²) in [7, 11) is 0.997. The van der Waals surface area contributed by atoms with Crippen LogP contribution in [0.3, 0.4) is 0 Å². The van der Waals surface area contributed by atoms with Crippen LogP contribution in [0.25, 0.3) is 0 Å². The van der Waals surface area contributed by atoms with Crippen molar-refractivity contribution in [1.29, 1.82) is 5.26 Å². The Bertz CT molecular complexity index is 520. The average Bonchev–Trinajstić information content (AvgIpc) is 2.34. The van der Waals surface area contributed by atoms with E-state index in [0.717, 1.165) is 19.2 Å². The van der Waals surface area contributed by atoms with Gasteiger partial charge in [0.15, 0.2) is 5.78 Å². The van der Waals surface area contributed by atoms with Crippen molar-refractivity contribution in [1.82, 2.24) is 0 Å². The Morgan fingerprint density at radius 3 is 2.50 bits per heavy atom. The molecule has 0 atom stereocenters. The summed E-state index contributed by atoms with van der Waals surface area (Å²) < 4.78 is 43.2. The zero-order valence-corrected chi connectivity index (χ0v) is 9.89. The summed E-state index contributed by atoms with van der Waals surface area (Å²) in [6.45, 7) is 0. The highest BCUT2D eigenvalue weighted by Gasteiger charge is 2.39.